The summed E-state index contributed by atoms with van der Waals surface area (Å²) in [5, 5.41) is 3.00. The van der Waals surface area contributed by atoms with E-state index in [2.05, 4.69) is 5.32 Å². The molecule has 0 aromatic heterocycles. The van der Waals surface area contributed by atoms with Gasteiger partial charge in [0.2, 0.25) is 5.91 Å². The Morgan fingerprint density at radius 3 is 2.54 bits per heavy atom. The molecule has 1 unspecified atom stereocenters. The highest BCUT2D eigenvalue weighted by Gasteiger charge is 2.36. The van der Waals surface area contributed by atoms with Crippen molar-refractivity contribution in [3.8, 4) is 0 Å². The topological polar surface area (TPSA) is 38.3 Å². The first-order valence-electron chi connectivity index (χ1n) is 4.88. The van der Waals surface area contributed by atoms with Crippen molar-refractivity contribution in [1.29, 1.82) is 0 Å². The van der Waals surface area contributed by atoms with E-state index in [-0.39, 0.29) is 23.5 Å². The fourth-order valence-electron chi connectivity index (χ4n) is 1.47. The zero-order valence-electron chi connectivity index (χ0n) is 8.89. The van der Waals surface area contributed by atoms with E-state index < -0.39 is 0 Å². The van der Waals surface area contributed by atoms with Crippen LogP contribution in [-0.4, -0.2) is 24.2 Å². The molecule has 1 atom stereocenters. The first-order chi connectivity index (χ1) is 5.93. The summed E-state index contributed by atoms with van der Waals surface area (Å²) in [5.41, 5.74) is -0.204. The van der Waals surface area contributed by atoms with Gasteiger partial charge in [0.1, 0.15) is 0 Å². The Morgan fingerprint density at radius 2 is 2.15 bits per heavy atom. The highest BCUT2D eigenvalue weighted by Crippen LogP contribution is 2.24. The van der Waals surface area contributed by atoms with Crippen molar-refractivity contribution >= 4 is 5.91 Å². The highest BCUT2D eigenvalue weighted by atomic mass is 16.5. The van der Waals surface area contributed by atoms with Crippen molar-refractivity contribution < 1.29 is 9.53 Å². The molecule has 0 aromatic rings. The zero-order valence-corrected chi connectivity index (χ0v) is 8.89. The van der Waals surface area contributed by atoms with E-state index in [1.807, 2.05) is 27.7 Å². The number of hydrogen-bond acceptors (Lipinski definition) is 2. The highest BCUT2D eigenvalue weighted by molar-refractivity contribution is 5.78. The second kappa shape index (κ2) is 3.66. The second-order valence-corrected chi connectivity index (χ2v) is 4.46. The van der Waals surface area contributed by atoms with Crippen molar-refractivity contribution in [2.24, 2.45) is 5.92 Å². The lowest BCUT2D eigenvalue weighted by molar-refractivity contribution is -0.125. The molecule has 0 aromatic carbocycles. The maximum atomic E-state index is 11.4. The van der Waals surface area contributed by atoms with E-state index in [0.29, 0.717) is 0 Å². The van der Waals surface area contributed by atoms with Gasteiger partial charge in [0.15, 0.2) is 0 Å². The van der Waals surface area contributed by atoms with Crippen molar-refractivity contribution in [1.82, 2.24) is 5.32 Å². The molecule has 1 fully saturated rings. The Labute approximate surface area is 79.8 Å². The number of amides is 1. The number of ether oxygens (including phenoxy) is 1. The molecule has 0 spiro atoms. The number of rotatable bonds is 2. The fraction of sp³-hybridized carbons (Fsp3) is 0.900. The van der Waals surface area contributed by atoms with Crippen LogP contribution in [0.4, 0.5) is 0 Å². The van der Waals surface area contributed by atoms with Crippen molar-refractivity contribution in [2.75, 3.05) is 6.61 Å². The van der Waals surface area contributed by atoms with Gasteiger partial charge in [-0.2, -0.15) is 0 Å². The Bertz CT molecular complexity index is 199. The van der Waals surface area contributed by atoms with Gasteiger partial charge in [-0.15, -0.1) is 0 Å². The van der Waals surface area contributed by atoms with E-state index in [9.17, 15) is 4.79 Å². The van der Waals surface area contributed by atoms with E-state index in [1.54, 1.807) is 0 Å². The van der Waals surface area contributed by atoms with Crippen molar-refractivity contribution in [2.45, 2.75) is 45.8 Å². The predicted octanol–water partition coefficient (Wildman–Crippen LogP) is 1.33. The third kappa shape index (κ3) is 2.44. The number of carbonyl (C=O) groups is 1. The van der Waals surface area contributed by atoms with Gasteiger partial charge in [-0.25, -0.2) is 0 Å². The van der Waals surface area contributed by atoms with E-state index in [4.69, 9.17) is 4.74 Å². The summed E-state index contributed by atoms with van der Waals surface area (Å²) >= 11 is 0. The third-order valence-corrected chi connectivity index (χ3v) is 2.56. The number of hydrogen-bond donors (Lipinski definition) is 1. The van der Waals surface area contributed by atoms with Gasteiger partial charge in [0.25, 0.3) is 0 Å². The largest absolute Gasteiger partial charge is 0.373 e. The summed E-state index contributed by atoms with van der Waals surface area (Å²) < 4.78 is 5.52. The van der Waals surface area contributed by atoms with Gasteiger partial charge in [0.05, 0.1) is 11.6 Å². The molecular weight excluding hydrogens is 166 g/mol. The zero-order chi connectivity index (χ0) is 10.1. The number of nitrogens with one attached hydrogen (secondary N) is 1. The lowest BCUT2D eigenvalue weighted by Crippen LogP contribution is -2.47. The Balaban J connectivity index is 2.50. The van der Waals surface area contributed by atoms with Crippen molar-refractivity contribution in [3.05, 3.63) is 0 Å². The van der Waals surface area contributed by atoms with Crippen LogP contribution in [0.15, 0.2) is 0 Å². The summed E-state index contributed by atoms with van der Waals surface area (Å²) in [6.45, 7) is 8.59. The first kappa shape index (κ1) is 10.5. The molecule has 1 rings (SSSR count). The maximum absolute atomic E-state index is 11.4. The van der Waals surface area contributed by atoms with Crippen LogP contribution < -0.4 is 5.32 Å². The van der Waals surface area contributed by atoms with Crippen LogP contribution in [0.1, 0.15) is 34.1 Å². The van der Waals surface area contributed by atoms with E-state index >= 15 is 0 Å². The van der Waals surface area contributed by atoms with Gasteiger partial charge in [-0.1, -0.05) is 13.8 Å². The average Bonchev–Trinajstić information content (AvgIpc) is 2.30. The summed E-state index contributed by atoms with van der Waals surface area (Å²) in [5.74, 6) is 0.167. The molecule has 0 aliphatic carbocycles. The van der Waals surface area contributed by atoms with Gasteiger partial charge >= 0.3 is 0 Å². The minimum atomic E-state index is -0.204. The number of carbonyl (C=O) groups excluding carboxylic acids is 1. The molecule has 13 heavy (non-hydrogen) atoms. The Morgan fingerprint density at radius 1 is 1.54 bits per heavy atom. The van der Waals surface area contributed by atoms with E-state index in [1.165, 1.54) is 0 Å². The maximum Gasteiger partial charge on any atom is 0.222 e. The summed E-state index contributed by atoms with van der Waals surface area (Å²) in [4.78, 5) is 11.4. The van der Waals surface area contributed by atoms with E-state index in [0.717, 1.165) is 13.0 Å². The Hall–Kier alpha value is -0.570. The molecular formula is C10H19NO2. The van der Waals surface area contributed by atoms with Crippen LogP contribution in [-0.2, 0) is 9.53 Å². The predicted molar refractivity (Wildman–Crippen MR) is 51.4 cm³/mol. The molecule has 1 aliphatic heterocycles. The second-order valence-electron chi connectivity index (χ2n) is 4.46. The molecule has 3 heteroatoms. The summed E-state index contributed by atoms with van der Waals surface area (Å²) in [6, 6.07) is 0.169. The van der Waals surface area contributed by atoms with Crippen molar-refractivity contribution in [3.63, 3.8) is 0 Å². The SMILES string of the molecule is CC(C)C(=O)NC1CCOC1(C)C. The standard InChI is InChI=1S/C10H19NO2/c1-7(2)9(12)11-8-5-6-13-10(8,3)4/h7-8H,5-6H2,1-4H3,(H,11,12). The molecule has 0 saturated carbocycles. The van der Waals surface area contributed by atoms with Gasteiger partial charge in [0, 0.05) is 12.5 Å². The van der Waals surface area contributed by atoms with Crippen LogP contribution in [0.2, 0.25) is 0 Å². The van der Waals surface area contributed by atoms with Crippen LogP contribution in [0, 0.1) is 5.92 Å². The molecule has 0 radical (unpaired) electrons. The van der Waals surface area contributed by atoms with Gasteiger partial charge in [-0.3, -0.25) is 4.79 Å². The monoisotopic (exact) mass is 185 g/mol. The normalized spacial score (nSPS) is 26.4. The Kier molecular flexibility index (Phi) is 2.96. The molecule has 1 amide bonds. The lowest BCUT2D eigenvalue weighted by atomic mass is 9.98. The average molecular weight is 185 g/mol. The van der Waals surface area contributed by atoms with Gasteiger partial charge in [-0.05, 0) is 20.3 Å². The molecule has 1 aliphatic rings. The molecule has 76 valence electrons. The first-order valence-corrected chi connectivity index (χ1v) is 4.88. The fourth-order valence-corrected chi connectivity index (χ4v) is 1.47. The summed E-state index contributed by atoms with van der Waals surface area (Å²) in [6.07, 6.45) is 0.922. The quantitative estimate of drug-likeness (QED) is 0.704. The minimum Gasteiger partial charge on any atom is -0.373 e. The van der Waals surface area contributed by atoms with Gasteiger partial charge < -0.3 is 10.1 Å². The molecule has 0 bridgehead atoms. The summed E-state index contributed by atoms with van der Waals surface area (Å²) in [7, 11) is 0. The molecule has 1 heterocycles. The molecule has 1 N–H and O–H groups in total. The molecule has 3 nitrogen and oxygen atoms in total. The third-order valence-electron chi connectivity index (χ3n) is 2.56. The van der Waals surface area contributed by atoms with Crippen LogP contribution in [0.25, 0.3) is 0 Å². The van der Waals surface area contributed by atoms with Crippen LogP contribution in [0.3, 0.4) is 0 Å². The van der Waals surface area contributed by atoms with Crippen LogP contribution >= 0.6 is 0 Å². The van der Waals surface area contributed by atoms with Crippen LogP contribution in [0.5, 0.6) is 0 Å². The lowest BCUT2D eigenvalue weighted by Gasteiger charge is -2.27. The minimum absolute atomic E-state index is 0.0522. The molecule has 1 saturated heterocycles. The smallest absolute Gasteiger partial charge is 0.222 e.